The van der Waals surface area contributed by atoms with Gasteiger partial charge in [-0.2, -0.15) is 0 Å². The Morgan fingerprint density at radius 2 is 2.00 bits per heavy atom. The number of hydrogen-bond donors (Lipinski definition) is 2. The predicted octanol–water partition coefficient (Wildman–Crippen LogP) is 3.13. The van der Waals surface area contributed by atoms with Crippen molar-refractivity contribution in [2.24, 2.45) is 5.92 Å². The SMILES string of the molecule is COc1cc(C(O)OC(C)(C)C2CCNCC2)ccc1Cl. The summed E-state index contributed by atoms with van der Waals surface area (Å²) in [7, 11) is 1.55. The second-order valence-corrected chi connectivity index (χ2v) is 6.40. The molecular formula is C16H24ClNO3. The van der Waals surface area contributed by atoms with Gasteiger partial charge in [-0.05, 0) is 57.8 Å². The zero-order chi connectivity index (χ0) is 15.5. The highest BCUT2D eigenvalue weighted by molar-refractivity contribution is 6.32. The van der Waals surface area contributed by atoms with E-state index >= 15 is 0 Å². The van der Waals surface area contributed by atoms with E-state index in [9.17, 15) is 5.11 Å². The van der Waals surface area contributed by atoms with Crippen LogP contribution in [-0.4, -0.2) is 30.9 Å². The fourth-order valence-electron chi connectivity index (χ4n) is 2.80. The van der Waals surface area contributed by atoms with E-state index in [-0.39, 0.29) is 5.60 Å². The number of hydrogen-bond acceptors (Lipinski definition) is 4. The number of aliphatic hydroxyl groups excluding tert-OH is 1. The quantitative estimate of drug-likeness (QED) is 0.820. The summed E-state index contributed by atoms with van der Waals surface area (Å²) in [6.45, 7) is 6.09. The van der Waals surface area contributed by atoms with Gasteiger partial charge in [0.2, 0.25) is 0 Å². The van der Waals surface area contributed by atoms with Crippen molar-refractivity contribution in [3.05, 3.63) is 28.8 Å². The standard InChI is InChI=1S/C16H24ClNO3/c1-16(2,12-6-8-18-9-7-12)21-15(19)11-4-5-13(17)14(10-11)20-3/h4-5,10,12,15,18-19H,6-9H2,1-3H3. The van der Waals surface area contributed by atoms with Crippen LogP contribution in [0.15, 0.2) is 18.2 Å². The Labute approximate surface area is 131 Å². The molecule has 1 heterocycles. The molecule has 1 aliphatic heterocycles. The highest BCUT2D eigenvalue weighted by atomic mass is 35.5. The maximum atomic E-state index is 10.4. The largest absolute Gasteiger partial charge is 0.495 e. The van der Waals surface area contributed by atoms with E-state index in [4.69, 9.17) is 21.1 Å². The number of ether oxygens (including phenoxy) is 2. The number of halogens is 1. The third kappa shape index (κ3) is 4.10. The second-order valence-electron chi connectivity index (χ2n) is 5.99. The lowest BCUT2D eigenvalue weighted by Gasteiger charge is -2.38. The number of rotatable bonds is 5. The normalized spacial score (nSPS) is 18.5. The van der Waals surface area contributed by atoms with Crippen LogP contribution in [0.3, 0.4) is 0 Å². The molecule has 0 saturated carbocycles. The van der Waals surface area contributed by atoms with Crippen molar-refractivity contribution in [1.29, 1.82) is 0 Å². The lowest BCUT2D eigenvalue weighted by Crippen LogP contribution is -2.42. The summed E-state index contributed by atoms with van der Waals surface area (Å²) in [5.41, 5.74) is 0.271. The average molecular weight is 314 g/mol. The summed E-state index contributed by atoms with van der Waals surface area (Å²) < 4.78 is 11.1. The number of piperidine rings is 1. The van der Waals surface area contributed by atoms with E-state index in [2.05, 4.69) is 5.32 Å². The first-order valence-corrected chi connectivity index (χ1v) is 7.72. The summed E-state index contributed by atoms with van der Waals surface area (Å²) in [4.78, 5) is 0. The van der Waals surface area contributed by atoms with Crippen molar-refractivity contribution in [1.82, 2.24) is 5.32 Å². The van der Waals surface area contributed by atoms with Crippen LogP contribution in [0.5, 0.6) is 5.75 Å². The zero-order valence-corrected chi connectivity index (χ0v) is 13.6. The van der Waals surface area contributed by atoms with Gasteiger partial charge in [0.05, 0.1) is 17.7 Å². The molecule has 0 aromatic heterocycles. The van der Waals surface area contributed by atoms with Gasteiger partial charge in [0.15, 0.2) is 6.29 Å². The van der Waals surface area contributed by atoms with Crippen molar-refractivity contribution in [2.45, 2.75) is 38.6 Å². The molecule has 1 saturated heterocycles. The van der Waals surface area contributed by atoms with Crippen LogP contribution in [0.25, 0.3) is 0 Å². The molecule has 0 bridgehead atoms. The highest BCUT2D eigenvalue weighted by Gasteiger charge is 2.33. The molecule has 118 valence electrons. The van der Waals surface area contributed by atoms with E-state index in [0.717, 1.165) is 25.9 Å². The Balaban J connectivity index is 2.07. The minimum absolute atomic E-state index is 0.381. The molecule has 1 atom stereocenters. The second kappa shape index (κ2) is 6.97. The third-order valence-corrected chi connectivity index (χ3v) is 4.51. The van der Waals surface area contributed by atoms with Crippen molar-refractivity contribution in [2.75, 3.05) is 20.2 Å². The molecule has 2 N–H and O–H groups in total. The van der Waals surface area contributed by atoms with Crippen molar-refractivity contribution >= 4 is 11.6 Å². The molecular weight excluding hydrogens is 290 g/mol. The third-order valence-electron chi connectivity index (χ3n) is 4.20. The van der Waals surface area contributed by atoms with Gasteiger partial charge in [-0.3, -0.25) is 0 Å². The molecule has 0 spiro atoms. The number of nitrogens with one attached hydrogen (secondary N) is 1. The molecule has 2 rings (SSSR count). The maximum Gasteiger partial charge on any atom is 0.181 e. The van der Waals surface area contributed by atoms with Crippen LogP contribution in [0.4, 0.5) is 0 Å². The van der Waals surface area contributed by atoms with Crippen molar-refractivity contribution in [3.8, 4) is 5.75 Å². The van der Waals surface area contributed by atoms with Crippen LogP contribution >= 0.6 is 11.6 Å². The van der Waals surface area contributed by atoms with Crippen LogP contribution < -0.4 is 10.1 Å². The molecule has 21 heavy (non-hydrogen) atoms. The Hall–Kier alpha value is -0.810. The maximum absolute atomic E-state index is 10.4. The minimum atomic E-state index is -0.985. The fourth-order valence-corrected chi connectivity index (χ4v) is 2.99. The van der Waals surface area contributed by atoms with Crippen molar-refractivity contribution < 1.29 is 14.6 Å². The smallest absolute Gasteiger partial charge is 0.181 e. The molecule has 1 aromatic carbocycles. The first-order valence-electron chi connectivity index (χ1n) is 7.34. The van der Waals surface area contributed by atoms with E-state index in [1.165, 1.54) is 0 Å². The molecule has 0 amide bonds. The van der Waals surface area contributed by atoms with Gasteiger partial charge in [0.25, 0.3) is 0 Å². The number of benzene rings is 1. The first-order chi connectivity index (χ1) is 9.94. The lowest BCUT2D eigenvalue weighted by atomic mass is 9.83. The Morgan fingerprint density at radius 3 is 2.62 bits per heavy atom. The predicted molar refractivity (Wildman–Crippen MR) is 83.7 cm³/mol. The first kappa shape index (κ1) is 16.6. The Bertz CT molecular complexity index is 473. The van der Waals surface area contributed by atoms with Crippen molar-refractivity contribution in [3.63, 3.8) is 0 Å². The number of methoxy groups -OCH3 is 1. The lowest BCUT2D eigenvalue weighted by molar-refractivity contribution is -0.198. The van der Waals surface area contributed by atoms with E-state index in [1.807, 2.05) is 13.8 Å². The van der Waals surface area contributed by atoms with Gasteiger partial charge in [-0.1, -0.05) is 17.7 Å². The molecule has 1 aliphatic rings. The van der Waals surface area contributed by atoms with Crippen LogP contribution in [0.2, 0.25) is 5.02 Å². The monoisotopic (exact) mass is 313 g/mol. The van der Waals surface area contributed by atoms with Gasteiger partial charge in [-0.25, -0.2) is 0 Å². The van der Waals surface area contributed by atoms with Crippen LogP contribution in [0, 0.1) is 5.92 Å². The van der Waals surface area contributed by atoms with Gasteiger partial charge < -0.3 is 19.9 Å². The molecule has 0 aliphatic carbocycles. The van der Waals surface area contributed by atoms with Crippen LogP contribution in [0.1, 0.15) is 38.5 Å². The topological polar surface area (TPSA) is 50.7 Å². The van der Waals surface area contributed by atoms with E-state index in [1.54, 1.807) is 25.3 Å². The molecule has 5 heteroatoms. The summed E-state index contributed by atoms with van der Waals surface area (Å²) in [6.07, 6.45) is 1.13. The van der Waals surface area contributed by atoms with Gasteiger partial charge in [0, 0.05) is 5.56 Å². The minimum Gasteiger partial charge on any atom is -0.495 e. The fraction of sp³-hybridized carbons (Fsp3) is 0.625. The molecule has 1 aromatic rings. The summed E-state index contributed by atoms with van der Waals surface area (Å²) in [5, 5.41) is 14.2. The van der Waals surface area contributed by atoms with E-state index in [0.29, 0.717) is 22.3 Å². The summed E-state index contributed by atoms with van der Waals surface area (Å²) in [6, 6.07) is 5.18. The number of aliphatic hydroxyl groups is 1. The van der Waals surface area contributed by atoms with E-state index < -0.39 is 6.29 Å². The summed E-state index contributed by atoms with van der Waals surface area (Å²) >= 11 is 6.00. The summed E-state index contributed by atoms with van der Waals surface area (Å²) in [5.74, 6) is 0.971. The highest BCUT2D eigenvalue weighted by Crippen LogP contribution is 2.35. The molecule has 4 nitrogen and oxygen atoms in total. The van der Waals surface area contributed by atoms with Gasteiger partial charge in [-0.15, -0.1) is 0 Å². The Kier molecular flexibility index (Phi) is 5.49. The molecule has 1 unspecified atom stereocenters. The van der Waals surface area contributed by atoms with Gasteiger partial charge >= 0.3 is 0 Å². The molecule has 0 radical (unpaired) electrons. The Morgan fingerprint density at radius 1 is 1.33 bits per heavy atom. The van der Waals surface area contributed by atoms with Gasteiger partial charge in [0.1, 0.15) is 5.75 Å². The average Bonchev–Trinajstić information content (AvgIpc) is 2.48. The zero-order valence-electron chi connectivity index (χ0n) is 12.9. The van der Waals surface area contributed by atoms with Crippen LogP contribution in [-0.2, 0) is 4.74 Å². The molecule has 1 fully saturated rings.